The van der Waals surface area contributed by atoms with Crippen LogP contribution >= 0.6 is 0 Å². The third kappa shape index (κ3) is 3.11. The van der Waals surface area contributed by atoms with E-state index in [1.165, 1.54) is 16.8 Å². The lowest BCUT2D eigenvalue weighted by molar-refractivity contribution is 0.222. The van der Waals surface area contributed by atoms with E-state index in [9.17, 15) is 13.2 Å². The molecule has 142 valence electrons. The first kappa shape index (κ1) is 17.8. The number of hydrogen-bond donors (Lipinski definition) is 1. The maximum absolute atomic E-state index is 14.1. The van der Waals surface area contributed by atoms with Crippen LogP contribution in [0.5, 0.6) is 5.75 Å². The topological polar surface area (TPSA) is 78.9 Å². The summed E-state index contributed by atoms with van der Waals surface area (Å²) in [5.74, 6) is -1.93. The number of fused-ring (bicyclic) bond motifs is 1. The molecule has 28 heavy (non-hydrogen) atoms. The summed E-state index contributed by atoms with van der Waals surface area (Å²) < 4.78 is 48.9. The number of nitrogens with zero attached hydrogens (tertiary/aromatic N) is 4. The van der Waals surface area contributed by atoms with Gasteiger partial charge in [-0.1, -0.05) is 0 Å². The van der Waals surface area contributed by atoms with Crippen LogP contribution in [0.15, 0.2) is 48.9 Å². The van der Waals surface area contributed by atoms with Crippen LogP contribution in [-0.4, -0.2) is 19.7 Å². The molecule has 9 heteroatoms. The van der Waals surface area contributed by atoms with Crippen molar-refractivity contribution < 1.29 is 17.9 Å². The normalized spacial score (nSPS) is 12.3. The molecule has 0 bridgehead atoms. The molecule has 3 heterocycles. The molecule has 0 fully saturated rings. The van der Waals surface area contributed by atoms with Crippen molar-refractivity contribution in [2.45, 2.75) is 13.0 Å². The van der Waals surface area contributed by atoms with Gasteiger partial charge >= 0.3 is 0 Å². The van der Waals surface area contributed by atoms with Crippen LogP contribution in [0, 0.1) is 17.5 Å². The second kappa shape index (κ2) is 6.84. The Hall–Kier alpha value is -3.62. The van der Waals surface area contributed by atoms with Gasteiger partial charge in [-0.15, -0.1) is 0 Å². The summed E-state index contributed by atoms with van der Waals surface area (Å²) in [6.07, 6.45) is 3.52. The maximum atomic E-state index is 14.1. The molecule has 3 aromatic heterocycles. The zero-order chi connectivity index (χ0) is 19.8. The van der Waals surface area contributed by atoms with Crippen molar-refractivity contribution in [1.82, 2.24) is 19.7 Å². The Balaban J connectivity index is 1.75. The van der Waals surface area contributed by atoms with Crippen LogP contribution < -0.4 is 10.5 Å². The van der Waals surface area contributed by atoms with Crippen molar-refractivity contribution in [3.05, 3.63) is 72.1 Å². The van der Waals surface area contributed by atoms with Crippen LogP contribution in [0.2, 0.25) is 0 Å². The highest BCUT2D eigenvalue weighted by molar-refractivity contribution is 5.83. The van der Waals surface area contributed by atoms with Gasteiger partial charge in [0.25, 0.3) is 0 Å². The number of pyridine rings is 2. The molecule has 4 aromatic rings. The van der Waals surface area contributed by atoms with Gasteiger partial charge in [0, 0.05) is 23.8 Å². The first-order valence-corrected chi connectivity index (χ1v) is 8.30. The number of rotatable bonds is 4. The van der Waals surface area contributed by atoms with Crippen LogP contribution in [0.4, 0.5) is 19.0 Å². The van der Waals surface area contributed by atoms with E-state index in [1.54, 1.807) is 25.4 Å². The molecule has 0 aliphatic carbocycles. The molecule has 4 rings (SSSR count). The van der Waals surface area contributed by atoms with Crippen molar-refractivity contribution >= 4 is 16.7 Å². The van der Waals surface area contributed by atoms with E-state index < -0.39 is 23.6 Å². The third-order valence-electron chi connectivity index (χ3n) is 4.18. The van der Waals surface area contributed by atoms with Crippen LogP contribution in [0.3, 0.4) is 0 Å². The lowest BCUT2D eigenvalue weighted by Crippen LogP contribution is -2.12. The highest BCUT2D eigenvalue weighted by Gasteiger charge is 2.20. The predicted molar refractivity (Wildman–Crippen MR) is 96.4 cm³/mol. The first-order chi connectivity index (χ1) is 13.4. The van der Waals surface area contributed by atoms with Gasteiger partial charge in [0.2, 0.25) is 0 Å². The summed E-state index contributed by atoms with van der Waals surface area (Å²) in [5, 5.41) is 4.02. The second-order valence-electron chi connectivity index (χ2n) is 6.07. The van der Waals surface area contributed by atoms with E-state index in [2.05, 4.69) is 15.1 Å². The molecule has 1 unspecified atom stereocenters. The number of halogens is 3. The number of nitrogens with two attached hydrogens (primary N) is 1. The molecule has 0 saturated carbocycles. The van der Waals surface area contributed by atoms with E-state index in [0.717, 1.165) is 18.3 Å². The molecular formula is C19H14F3N5O. The van der Waals surface area contributed by atoms with E-state index in [1.807, 2.05) is 0 Å². The van der Waals surface area contributed by atoms with Crippen LogP contribution in [-0.2, 0) is 0 Å². The molecule has 0 spiro atoms. The van der Waals surface area contributed by atoms with Crippen molar-refractivity contribution in [3.8, 4) is 11.4 Å². The highest BCUT2D eigenvalue weighted by Crippen LogP contribution is 2.32. The Morgan fingerprint density at radius 3 is 2.68 bits per heavy atom. The van der Waals surface area contributed by atoms with Crippen molar-refractivity contribution in [2.24, 2.45) is 0 Å². The standard InChI is InChI=1S/C19H14F3N5O/c1-10(17-15(7-11(20)9-24-17)27-6-2-5-25-27)28-16-8-12-13(21)3-4-14(22)18(12)26-19(16)23/h2-10H,1H3,(H2,23,26). The number of ether oxygens (including phenoxy) is 1. The largest absolute Gasteiger partial charge is 0.480 e. The summed E-state index contributed by atoms with van der Waals surface area (Å²) in [7, 11) is 0. The Morgan fingerprint density at radius 2 is 1.93 bits per heavy atom. The second-order valence-corrected chi connectivity index (χ2v) is 6.07. The lowest BCUT2D eigenvalue weighted by atomic mass is 10.1. The van der Waals surface area contributed by atoms with Gasteiger partial charge in [-0.3, -0.25) is 4.98 Å². The summed E-state index contributed by atoms with van der Waals surface area (Å²) in [4.78, 5) is 8.01. The minimum atomic E-state index is -0.710. The van der Waals surface area contributed by atoms with E-state index in [0.29, 0.717) is 11.4 Å². The monoisotopic (exact) mass is 385 g/mol. The van der Waals surface area contributed by atoms with Crippen LogP contribution in [0.25, 0.3) is 16.6 Å². The van der Waals surface area contributed by atoms with Gasteiger partial charge in [0.15, 0.2) is 11.6 Å². The van der Waals surface area contributed by atoms with Crippen molar-refractivity contribution in [2.75, 3.05) is 5.73 Å². The minimum Gasteiger partial charge on any atom is -0.480 e. The van der Waals surface area contributed by atoms with Crippen molar-refractivity contribution in [1.29, 1.82) is 0 Å². The molecular weight excluding hydrogens is 371 g/mol. The van der Waals surface area contributed by atoms with E-state index in [-0.39, 0.29) is 22.5 Å². The average Bonchev–Trinajstić information content (AvgIpc) is 3.20. The zero-order valence-corrected chi connectivity index (χ0v) is 14.6. The molecule has 1 atom stereocenters. The molecule has 1 aromatic carbocycles. The molecule has 6 nitrogen and oxygen atoms in total. The van der Waals surface area contributed by atoms with Gasteiger partial charge in [-0.25, -0.2) is 22.8 Å². The Bertz CT molecular complexity index is 1160. The third-order valence-corrected chi connectivity index (χ3v) is 4.18. The summed E-state index contributed by atoms with van der Waals surface area (Å²) in [6, 6.07) is 6.21. The molecule has 0 aliphatic heterocycles. The number of anilines is 1. The van der Waals surface area contributed by atoms with E-state index in [4.69, 9.17) is 10.5 Å². The average molecular weight is 385 g/mol. The van der Waals surface area contributed by atoms with Gasteiger partial charge in [-0.2, -0.15) is 5.10 Å². The van der Waals surface area contributed by atoms with Gasteiger partial charge in [-0.05, 0) is 31.2 Å². The molecule has 0 aliphatic rings. The van der Waals surface area contributed by atoms with Gasteiger partial charge < -0.3 is 10.5 Å². The summed E-state index contributed by atoms with van der Waals surface area (Å²) in [6.45, 7) is 1.67. The SMILES string of the molecule is CC(Oc1cc2c(F)ccc(F)c2nc1N)c1ncc(F)cc1-n1cccn1. The quantitative estimate of drug-likeness (QED) is 0.575. The summed E-state index contributed by atoms with van der Waals surface area (Å²) in [5.41, 5.74) is 6.44. The van der Waals surface area contributed by atoms with Crippen LogP contribution in [0.1, 0.15) is 18.7 Å². The van der Waals surface area contributed by atoms with Gasteiger partial charge in [0.1, 0.15) is 34.8 Å². The number of benzene rings is 1. The highest BCUT2D eigenvalue weighted by atomic mass is 19.1. The smallest absolute Gasteiger partial charge is 0.166 e. The van der Waals surface area contributed by atoms with Gasteiger partial charge in [0.05, 0.1) is 11.9 Å². The minimum absolute atomic E-state index is 0.0574. The lowest BCUT2D eigenvalue weighted by Gasteiger charge is -2.18. The maximum Gasteiger partial charge on any atom is 0.166 e. The fourth-order valence-corrected chi connectivity index (χ4v) is 2.88. The first-order valence-electron chi connectivity index (χ1n) is 8.30. The molecule has 2 N–H and O–H groups in total. The predicted octanol–water partition coefficient (Wildman–Crippen LogP) is 3.96. The summed E-state index contributed by atoms with van der Waals surface area (Å²) >= 11 is 0. The molecule has 0 radical (unpaired) electrons. The van der Waals surface area contributed by atoms with Crippen molar-refractivity contribution in [3.63, 3.8) is 0 Å². The zero-order valence-electron chi connectivity index (χ0n) is 14.6. The fourth-order valence-electron chi connectivity index (χ4n) is 2.88. The Morgan fingerprint density at radius 1 is 1.14 bits per heavy atom. The fraction of sp³-hybridized carbons (Fsp3) is 0.105. The number of nitrogen functional groups attached to an aromatic ring is 1. The molecule has 0 amide bonds. The molecule has 0 saturated heterocycles. The number of hydrogen-bond acceptors (Lipinski definition) is 5. The Kier molecular flexibility index (Phi) is 4.34. The number of aromatic nitrogens is 4. The van der Waals surface area contributed by atoms with E-state index >= 15 is 0 Å². The Labute approximate surface area is 157 Å².